The number of Topliss-reactive ketones (excluding diaryl/α,β-unsaturated/α-hetero) is 1. The van der Waals surface area contributed by atoms with Gasteiger partial charge in [-0.3, -0.25) is 9.59 Å². The summed E-state index contributed by atoms with van der Waals surface area (Å²) in [4.78, 5) is 26.1. The third-order valence-electron chi connectivity index (χ3n) is 3.55. The van der Waals surface area contributed by atoms with E-state index in [0.29, 0.717) is 23.7 Å². The van der Waals surface area contributed by atoms with Crippen LogP contribution in [0.4, 0.5) is 5.69 Å². The molecule has 20 heavy (non-hydrogen) atoms. The Hall–Kier alpha value is -1.86. The molecule has 0 aromatic heterocycles. The number of nitriles is 1. The maximum Gasteiger partial charge on any atom is 0.237 e. The Morgan fingerprint density at radius 3 is 2.85 bits per heavy atom. The number of carbonyl (C=O) groups excluding carboxylic acids is 2. The lowest BCUT2D eigenvalue weighted by molar-refractivity contribution is -0.135. The van der Waals surface area contributed by atoms with E-state index in [4.69, 9.17) is 16.9 Å². The summed E-state index contributed by atoms with van der Waals surface area (Å²) in [7, 11) is 0. The summed E-state index contributed by atoms with van der Waals surface area (Å²) in [6.07, 6.45) is 1.23. The molecule has 0 N–H and O–H groups in total. The number of carbonyl (C=O) groups is 2. The van der Waals surface area contributed by atoms with Crippen molar-refractivity contribution in [2.45, 2.75) is 19.8 Å². The molecule has 1 amide bonds. The molecule has 2 atom stereocenters. The van der Waals surface area contributed by atoms with E-state index in [1.54, 1.807) is 29.2 Å². The smallest absolute Gasteiger partial charge is 0.237 e. The van der Waals surface area contributed by atoms with Gasteiger partial charge in [0.05, 0.1) is 22.7 Å². The van der Waals surface area contributed by atoms with Gasteiger partial charge in [0.1, 0.15) is 5.92 Å². The molecule has 0 radical (unpaired) electrons. The molecule has 1 aliphatic heterocycles. The van der Waals surface area contributed by atoms with Gasteiger partial charge < -0.3 is 4.90 Å². The minimum atomic E-state index is -0.754. The maximum absolute atomic E-state index is 12.5. The van der Waals surface area contributed by atoms with Crippen LogP contribution in [-0.2, 0) is 9.59 Å². The van der Waals surface area contributed by atoms with Crippen LogP contribution in [0.2, 0.25) is 5.02 Å². The molecule has 1 heterocycles. The van der Waals surface area contributed by atoms with Crippen LogP contribution in [0, 0.1) is 23.2 Å². The Morgan fingerprint density at radius 2 is 2.20 bits per heavy atom. The molecule has 0 spiro atoms. The molecule has 0 unspecified atom stereocenters. The average molecular weight is 291 g/mol. The van der Waals surface area contributed by atoms with Crippen molar-refractivity contribution in [3.8, 4) is 6.07 Å². The average Bonchev–Trinajstić information content (AvgIpc) is 2.47. The number of hydrogen-bond donors (Lipinski definition) is 0. The molecule has 5 heteroatoms. The predicted octanol–water partition coefficient (Wildman–Crippen LogP) is 2.81. The molecule has 1 saturated heterocycles. The molecule has 1 fully saturated rings. The first-order chi connectivity index (χ1) is 9.56. The summed E-state index contributed by atoms with van der Waals surface area (Å²) in [5.41, 5.74) is 0.626. The zero-order valence-corrected chi connectivity index (χ0v) is 11.9. The number of piperidine rings is 1. The highest BCUT2D eigenvalue weighted by Gasteiger charge is 2.37. The van der Waals surface area contributed by atoms with E-state index < -0.39 is 11.8 Å². The number of nitrogens with zero attached hydrogens (tertiary/aromatic N) is 2. The van der Waals surface area contributed by atoms with Crippen LogP contribution in [-0.4, -0.2) is 18.2 Å². The van der Waals surface area contributed by atoms with Crippen molar-refractivity contribution < 1.29 is 9.59 Å². The van der Waals surface area contributed by atoms with E-state index in [0.717, 1.165) is 6.42 Å². The number of hydrogen-bond acceptors (Lipinski definition) is 3. The van der Waals surface area contributed by atoms with Crippen LogP contribution >= 0.6 is 11.6 Å². The van der Waals surface area contributed by atoms with Gasteiger partial charge in [0.25, 0.3) is 0 Å². The standard InChI is InChI=1S/C15H15ClN2O2/c1-10(9-17)14(19)11-5-4-8-18(15(11)20)13-7-3-2-6-12(13)16/h2-3,6-7,10-11H,4-5,8H2,1H3/t10-,11-/m1/s1. The molecule has 1 aromatic rings. The number of anilines is 1. The third kappa shape index (κ3) is 2.68. The summed E-state index contributed by atoms with van der Waals surface area (Å²) in [5.74, 6) is -2.03. The van der Waals surface area contributed by atoms with Crippen molar-refractivity contribution in [3.05, 3.63) is 29.3 Å². The molecule has 1 aromatic carbocycles. The van der Waals surface area contributed by atoms with Crippen LogP contribution in [0.1, 0.15) is 19.8 Å². The van der Waals surface area contributed by atoms with E-state index in [1.807, 2.05) is 6.07 Å². The number of halogens is 1. The van der Waals surface area contributed by atoms with Gasteiger partial charge in [0.2, 0.25) is 5.91 Å². The van der Waals surface area contributed by atoms with E-state index in [1.165, 1.54) is 6.92 Å². The van der Waals surface area contributed by atoms with Gasteiger partial charge >= 0.3 is 0 Å². The van der Waals surface area contributed by atoms with Gasteiger partial charge in [-0.25, -0.2) is 0 Å². The quantitative estimate of drug-likeness (QED) is 0.804. The van der Waals surface area contributed by atoms with Crippen LogP contribution in [0.15, 0.2) is 24.3 Å². The van der Waals surface area contributed by atoms with Crippen molar-refractivity contribution in [1.82, 2.24) is 0 Å². The molecule has 104 valence electrons. The molecule has 0 aliphatic carbocycles. The Morgan fingerprint density at radius 1 is 1.50 bits per heavy atom. The van der Waals surface area contributed by atoms with Gasteiger partial charge in [-0.1, -0.05) is 23.7 Å². The van der Waals surface area contributed by atoms with Gasteiger partial charge in [-0.2, -0.15) is 5.26 Å². The summed E-state index contributed by atoms with van der Waals surface area (Å²) < 4.78 is 0. The normalized spacial score (nSPS) is 20.4. The topological polar surface area (TPSA) is 61.2 Å². The summed E-state index contributed by atoms with van der Waals surface area (Å²) in [6.45, 7) is 2.08. The van der Waals surface area contributed by atoms with Gasteiger partial charge in [0.15, 0.2) is 5.78 Å². The van der Waals surface area contributed by atoms with Crippen LogP contribution in [0.3, 0.4) is 0 Å². The zero-order valence-electron chi connectivity index (χ0n) is 11.2. The van der Waals surface area contributed by atoms with E-state index in [2.05, 4.69) is 0 Å². The first kappa shape index (κ1) is 14.5. The Labute approximate surface area is 122 Å². The monoisotopic (exact) mass is 290 g/mol. The highest BCUT2D eigenvalue weighted by atomic mass is 35.5. The molecule has 1 aliphatic rings. The van der Waals surface area contributed by atoms with Crippen molar-refractivity contribution in [3.63, 3.8) is 0 Å². The van der Waals surface area contributed by atoms with Crippen LogP contribution in [0.5, 0.6) is 0 Å². The lowest BCUT2D eigenvalue weighted by atomic mass is 9.87. The molecule has 0 saturated carbocycles. The Balaban J connectivity index is 2.26. The lowest BCUT2D eigenvalue weighted by Gasteiger charge is -2.32. The second-order valence-corrected chi connectivity index (χ2v) is 5.30. The summed E-state index contributed by atoms with van der Waals surface area (Å²) in [6, 6.07) is 8.98. The number of benzene rings is 1. The molecular weight excluding hydrogens is 276 g/mol. The minimum absolute atomic E-state index is 0.253. The van der Waals surface area contributed by atoms with Crippen molar-refractivity contribution >= 4 is 29.0 Å². The largest absolute Gasteiger partial charge is 0.310 e. The fourth-order valence-corrected chi connectivity index (χ4v) is 2.65. The van der Waals surface area contributed by atoms with E-state index in [-0.39, 0.29) is 11.7 Å². The first-order valence-electron chi connectivity index (χ1n) is 6.55. The fourth-order valence-electron chi connectivity index (χ4n) is 2.41. The summed E-state index contributed by atoms with van der Waals surface area (Å²) >= 11 is 6.11. The molecule has 2 rings (SSSR count). The van der Waals surface area contributed by atoms with Gasteiger partial charge in [0, 0.05) is 6.54 Å². The van der Waals surface area contributed by atoms with Crippen molar-refractivity contribution in [1.29, 1.82) is 5.26 Å². The lowest BCUT2D eigenvalue weighted by Crippen LogP contribution is -2.45. The highest BCUT2D eigenvalue weighted by Crippen LogP contribution is 2.31. The van der Waals surface area contributed by atoms with E-state index >= 15 is 0 Å². The number of rotatable bonds is 3. The molecular formula is C15H15ClN2O2. The van der Waals surface area contributed by atoms with Gasteiger partial charge in [-0.05, 0) is 31.9 Å². The molecule has 4 nitrogen and oxygen atoms in total. The Kier molecular flexibility index (Phi) is 4.41. The highest BCUT2D eigenvalue weighted by molar-refractivity contribution is 6.34. The second-order valence-electron chi connectivity index (χ2n) is 4.89. The number of amides is 1. The molecule has 0 bridgehead atoms. The third-order valence-corrected chi connectivity index (χ3v) is 3.87. The zero-order chi connectivity index (χ0) is 14.7. The first-order valence-corrected chi connectivity index (χ1v) is 6.93. The van der Waals surface area contributed by atoms with Crippen LogP contribution in [0.25, 0.3) is 0 Å². The number of ketones is 1. The Bertz CT molecular complexity index is 579. The second kappa shape index (κ2) is 6.06. The van der Waals surface area contributed by atoms with Gasteiger partial charge in [-0.15, -0.1) is 0 Å². The predicted molar refractivity (Wildman–Crippen MR) is 76.3 cm³/mol. The SMILES string of the molecule is C[C@H](C#N)C(=O)[C@H]1CCCN(c2ccccc2Cl)C1=O. The van der Waals surface area contributed by atoms with Crippen molar-refractivity contribution in [2.24, 2.45) is 11.8 Å². The van der Waals surface area contributed by atoms with Crippen LogP contribution < -0.4 is 4.90 Å². The van der Waals surface area contributed by atoms with Crippen molar-refractivity contribution in [2.75, 3.05) is 11.4 Å². The fraction of sp³-hybridized carbons (Fsp3) is 0.400. The minimum Gasteiger partial charge on any atom is -0.310 e. The van der Waals surface area contributed by atoms with E-state index in [9.17, 15) is 9.59 Å². The summed E-state index contributed by atoms with van der Waals surface area (Å²) in [5, 5.41) is 9.32. The maximum atomic E-state index is 12.5. The number of para-hydroxylation sites is 1.